The summed E-state index contributed by atoms with van der Waals surface area (Å²) in [5, 5.41) is 0.206. The van der Waals surface area contributed by atoms with Crippen molar-refractivity contribution in [3.8, 4) is 0 Å². The summed E-state index contributed by atoms with van der Waals surface area (Å²) in [5.41, 5.74) is 6.77. The molecule has 1 aromatic carbocycles. The van der Waals surface area contributed by atoms with Gasteiger partial charge >= 0.3 is 0 Å². The van der Waals surface area contributed by atoms with Crippen molar-refractivity contribution in [3.63, 3.8) is 0 Å². The van der Waals surface area contributed by atoms with Crippen LogP contribution < -0.4 is 5.73 Å². The van der Waals surface area contributed by atoms with Gasteiger partial charge < -0.3 is 5.73 Å². The molecule has 1 aliphatic rings. The van der Waals surface area contributed by atoms with Crippen LogP contribution in [0.15, 0.2) is 18.2 Å². The Kier molecular flexibility index (Phi) is 3.76. The summed E-state index contributed by atoms with van der Waals surface area (Å²) in [6.45, 7) is 0. The molecule has 1 aromatic rings. The first-order valence-corrected chi connectivity index (χ1v) is 4.75. The highest BCUT2D eigenvalue weighted by molar-refractivity contribution is 6.30. The molecule has 0 bridgehead atoms. The molecule has 0 aliphatic heterocycles. The fourth-order valence-electron chi connectivity index (χ4n) is 1.70. The van der Waals surface area contributed by atoms with E-state index in [-0.39, 0.29) is 23.2 Å². The maximum absolute atomic E-state index is 12.8. The van der Waals surface area contributed by atoms with E-state index in [1.165, 1.54) is 6.07 Å². The van der Waals surface area contributed by atoms with E-state index < -0.39 is 0 Å². The lowest BCUT2D eigenvalue weighted by atomic mass is 9.76. The number of nitrogens with two attached hydrogens (primary N) is 1. The van der Waals surface area contributed by atoms with Crippen LogP contribution >= 0.6 is 24.0 Å². The molecule has 0 unspecified atom stereocenters. The van der Waals surface area contributed by atoms with Crippen molar-refractivity contribution in [1.82, 2.24) is 0 Å². The maximum Gasteiger partial charge on any atom is 0.141 e. The van der Waals surface area contributed by atoms with Gasteiger partial charge in [-0.1, -0.05) is 17.7 Å². The van der Waals surface area contributed by atoms with Gasteiger partial charge in [0.25, 0.3) is 0 Å². The fourth-order valence-corrected chi connectivity index (χ4v) is 1.89. The van der Waals surface area contributed by atoms with Crippen LogP contribution in [0.3, 0.4) is 0 Å². The van der Waals surface area contributed by atoms with Crippen molar-refractivity contribution in [2.75, 3.05) is 0 Å². The van der Waals surface area contributed by atoms with E-state index in [4.69, 9.17) is 17.3 Å². The molecule has 2 N–H and O–H groups in total. The lowest BCUT2D eigenvalue weighted by Crippen LogP contribution is -2.34. The molecule has 78 valence electrons. The highest BCUT2D eigenvalue weighted by atomic mass is 35.5. The summed E-state index contributed by atoms with van der Waals surface area (Å²) in [7, 11) is 0. The second-order valence-corrected chi connectivity index (χ2v) is 4.01. The van der Waals surface area contributed by atoms with E-state index in [0.29, 0.717) is 12.0 Å². The quantitative estimate of drug-likeness (QED) is 0.796. The summed E-state index contributed by atoms with van der Waals surface area (Å²) in [5.74, 6) is 0.127. The average Bonchev–Trinajstić information content (AvgIpc) is 2.05. The Hall–Kier alpha value is -0.310. The zero-order valence-corrected chi connectivity index (χ0v) is 9.11. The minimum absolute atomic E-state index is 0. The van der Waals surface area contributed by atoms with Crippen LogP contribution in [0.1, 0.15) is 24.3 Å². The van der Waals surface area contributed by atoms with Gasteiger partial charge in [-0.3, -0.25) is 0 Å². The van der Waals surface area contributed by atoms with E-state index in [9.17, 15) is 4.39 Å². The zero-order chi connectivity index (χ0) is 9.42. The molecule has 1 aliphatic carbocycles. The minimum atomic E-state index is -0.353. The molecule has 0 aromatic heterocycles. The molecule has 2 rings (SSSR count). The van der Waals surface area contributed by atoms with Crippen molar-refractivity contribution >= 4 is 24.0 Å². The van der Waals surface area contributed by atoms with E-state index in [1.807, 2.05) is 0 Å². The van der Waals surface area contributed by atoms with Gasteiger partial charge in [0.05, 0.1) is 5.02 Å². The van der Waals surface area contributed by atoms with Crippen LogP contribution in [-0.4, -0.2) is 6.04 Å². The Morgan fingerprint density at radius 2 is 2.00 bits per heavy atom. The summed E-state index contributed by atoms with van der Waals surface area (Å²) < 4.78 is 12.8. The lowest BCUT2D eigenvalue weighted by molar-refractivity contribution is 0.351. The van der Waals surface area contributed by atoms with Crippen LogP contribution in [0.5, 0.6) is 0 Å². The van der Waals surface area contributed by atoms with Crippen LogP contribution in [0.2, 0.25) is 5.02 Å². The largest absolute Gasteiger partial charge is 0.328 e. The van der Waals surface area contributed by atoms with Crippen molar-refractivity contribution in [3.05, 3.63) is 34.6 Å². The highest BCUT2D eigenvalue weighted by Gasteiger charge is 2.27. The predicted molar refractivity (Wildman–Crippen MR) is 58.6 cm³/mol. The molecule has 0 saturated heterocycles. The summed E-state index contributed by atoms with van der Waals surface area (Å²) >= 11 is 5.67. The van der Waals surface area contributed by atoms with Gasteiger partial charge in [-0.05, 0) is 36.5 Å². The molecule has 0 amide bonds. The number of rotatable bonds is 1. The van der Waals surface area contributed by atoms with Gasteiger partial charge in [0.15, 0.2) is 0 Å². The molecule has 1 nitrogen and oxygen atoms in total. The van der Waals surface area contributed by atoms with Gasteiger partial charge in [-0.15, -0.1) is 12.4 Å². The predicted octanol–water partition coefficient (Wildman–Crippen LogP) is 3.11. The number of halogens is 3. The number of benzene rings is 1. The average molecular weight is 236 g/mol. The van der Waals surface area contributed by atoms with Crippen molar-refractivity contribution < 1.29 is 4.39 Å². The molecule has 14 heavy (non-hydrogen) atoms. The minimum Gasteiger partial charge on any atom is -0.328 e. The van der Waals surface area contributed by atoms with Crippen LogP contribution in [0, 0.1) is 5.82 Å². The lowest BCUT2D eigenvalue weighted by Gasteiger charge is -2.32. The van der Waals surface area contributed by atoms with Crippen molar-refractivity contribution in [1.29, 1.82) is 0 Å². The monoisotopic (exact) mass is 235 g/mol. The van der Waals surface area contributed by atoms with Crippen LogP contribution in [0.25, 0.3) is 0 Å². The van der Waals surface area contributed by atoms with E-state index >= 15 is 0 Å². The molecule has 1 saturated carbocycles. The van der Waals surface area contributed by atoms with Crippen LogP contribution in [-0.2, 0) is 0 Å². The highest BCUT2D eigenvalue weighted by Crippen LogP contribution is 2.36. The third-order valence-electron chi connectivity index (χ3n) is 2.59. The SMILES string of the molecule is Cl.NC1CC(c2ccc(F)c(Cl)c2)C1. The summed E-state index contributed by atoms with van der Waals surface area (Å²) in [6.07, 6.45) is 1.98. The molecule has 0 radical (unpaired) electrons. The second-order valence-electron chi connectivity index (χ2n) is 3.60. The normalized spacial score (nSPS) is 25.1. The van der Waals surface area contributed by atoms with Gasteiger partial charge in [-0.25, -0.2) is 4.39 Å². The van der Waals surface area contributed by atoms with Crippen molar-refractivity contribution in [2.45, 2.75) is 24.8 Å². The summed E-state index contributed by atoms with van der Waals surface area (Å²) in [6, 6.07) is 5.22. The fraction of sp³-hybridized carbons (Fsp3) is 0.400. The van der Waals surface area contributed by atoms with Gasteiger partial charge in [0.1, 0.15) is 5.82 Å². The van der Waals surface area contributed by atoms with E-state index in [2.05, 4.69) is 0 Å². The smallest absolute Gasteiger partial charge is 0.141 e. The molecule has 1 fully saturated rings. The Morgan fingerprint density at radius 1 is 1.36 bits per heavy atom. The zero-order valence-electron chi connectivity index (χ0n) is 7.54. The first-order chi connectivity index (χ1) is 6.16. The Balaban J connectivity index is 0.000000980. The maximum atomic E-state index is 12.8. The first-order valence-electron chi connectivity index (χ1n) is 4.37. The number of hydrogen-bond acceptors (Lipinski definition) is 1. The van der Waals surface area contributed by atoms with Gasteiger partial charge in [-0.2, -0.15) is 0 Å². The van der Waals surface area contributed by atoms with Gasteiger partial charge in [0.2, 0.25) is 0 Å². The molecular formula is C10H12Cl2FN. The van der Waals surface area contributed by atoms with Gasteiger partial charge in [0, 0.05) is 6.04 Å². The number of hydrogen-bond donors (Lipinski definition) is 1. The van der Waals surface area contributed by atoms with Crippen molar-refractivity contribution in [2.24, 2.45) is 5.73 Å². The standard InChI is InChI=1S/C10H11ClFN.ClH/c11-9-5-6(1-2-10(9)12)7-3-8(13)4-7;/h1-2,5,7-8H,3-4,13H2;1H. The summed E-state index contributed by atoms with van der Waals surface area (Å²) in [4.78, 5) is 0. The van der Waals surface area contributed by atoms with Crippen LogP contribution in [0.4, 0.5) is 4.39 Å². The third-order valence-corrected chi connectivity index (χ3v) is 2.88. The second kappa shape index (κ2) is 4.47. The Bertz CT molecular complexity index is 324. The topological polar surface area (TPSA) is 26.0 Å². The van der Waals surface area contributed by atoms with E-state index in [0.717, 1.165) is 18.4 Å². The molecular weight excluding hydrogens is 224 g/mol. The third kappa shape index (κ3) is 2.19. The first kappa shape index (κ1) is 11.8. The molecule has 4 heteroatoms. The molecule has 0 atom stereocenters. The Labute approximate surface area is 93.8 Å². The Morgan fingerprint density at radius 3 is 2.50 bits per heavy atom. The molecule has 0 spiro atoms. The van der Waals surface area contributed by atoms with E-state index in [1.54, 1.807) is 12.1 Å². The molecule has 0 heterocycles.